The molecule has 1 heterocycles. The quantitative estimate of drug-likeness (QED) is 0.725. The maximum Gasteiger partial charge on any atom is 0.223 e. The molecule has 4 nitrogen and oxygen atoms in total. The second-order valence-electron chi connectivity index (χ2n) is 4.92. The molecule has 4 heteroatoms. The lowest BCUT2D eigenvalue weighted by atomic mass is 10.0. The number of carbonyl (C=O) groups is 1. The van der Waals surface area contributed by atoms with Crippen LogP contribution in [0.4, 0.5) is 0 Å². The van der Waals surface area contributed by atoms with Gasteiger partial charge in [0, 0.05) is 39.1 Å². The fourth-order valence-corrected chi connectivity index (χ4v) is 2.58. The van der Waals surface area contributed by atoms with Gasteiger partial charge in [0.1, 0.15) is 0 Å². The molecule has 0 saturated carbocycles. The third-order valence-corrected chi connectivity index (χ3v) is 3.69. The third-order valence-electron chi connectivity index (χ3n) is 3.69. The summed E-state index contributed by atoms with van der Waals surface area (Å²) in [6.45, 7) is 4.36. The predicted octanol–water partition coefficient (Wildman–Crippen LogP) is 0.479. The molecule has 2 aliphatic rings. The van der Waals surface area contributed by atoms with E-state index in [4.69, 9.17) is 5.11 Å². The standard InChI is InChI=1S/C13H22N2O2/c16-10-9-14-5-7-15(8-6-14)13(17)11-12-3-1-2-4-12/h1,3,12,16H,2,4-11H2. The van der Waals surface area contributed by atoms with Crippen LogP contribution in [0.25, 0.3) is 0 Å². The van der Waals surface area contributed by atoms with Crippen molar-refractivity contribution in [3.63, 3.8) is 0 Å². The van der Waals surface area contributed by atoms with Crippen molar-refractivity contribution in [2.45, 2.75) is 19.3 Å². The Hall–Kier alpha value is -0.870. The Kier molecular flexibility index (Phi) is 4.57. The van der Waals surface area contributed by atoms with Gasteiger partial charge >= 0.3 is 0 Å². The van der Waals surface area contributed by atoms with Crippen molar-refractivity contribution in [2.75, 3.05) is 39.3 Å². The lowest BCUT2D eigenvalue weighted by Gasteiger charge is -2.34. The number of nitrogens with zero attached hydrogens (tertiary/aromatic N) is 2. The summed E-state index contributed by atoms with van der Waals surface area (Å²) in [6.07, 6.45) is 7.30. The summed E-state index contributed by atoms with van der Waals surface area (Å²) >= 11 is 0. The van der Waals surface area contributed by atoms with Gasteiger partial charge in [-0.15, -0.1) is 0 Å². The maximum absolute atomic E-state index is 12.0. The Balaban J connectivity index is 1.72. The van der Waals surface area contributed by atoms with Crippen molar-refractivity contribution in [3.8, 4) is 0 Å². The number of β-amino-alcohol motifs (C(OH)–C–C–N with tert-alkyl or cyclic N) is 1. The molecule has 1 aliphatic heterocycles. The van der Waals surface area contributed by atoms with Crippen molar-refractivity contribution in [1.29, 1.82) is 0 Å². The molecule has 1 atom stereocenters. The van der Waals surface area contributed by atoms with Gasteiger partial charge in [0.15, 0.2) is 0 Å². The zero-order valence-electron chi connectivity index (χ0n) is 10.3. The molecule has 1 unspecified atom stereocenters. The number of amides is 1. The number of piperazine rings is 1. The lowest BCUT2D eigenvalue weighted by molar-refractivity contribution is -0.133. The summed E-state index contributed by atoms with van der Waals surface area (Å²) in [5, 5.41) is 8.85. The molecule has 1 saturated heterocycles. The predicted molar refractivity (Wildman–Crippen MR) is 66.6 cm³/mol. The first-order valence-electron chi connectivity index (χ1n) is 6.57. The molecule has 1 fully saturated rings. The minimum Gasteiger partial charge on any atom is -0.395 e. The molecule has 1 N–H and O–H groups in total. The summed E-state index contributed by atoms with van der Waals surface area (Å²) in [5.74, 6) is 0.767. The van der Waals surface area contributed by atoms with Crippen LogP contribution in [0.15, 0.2) is 12.2 Å². The first-order chi connectivity index (χ1) is 8.29. The van der Waals surface area contributed by atoms with E-state index in [1.54, 1.807) is 0 Å². The number of allylic oxidation sites excluding steroid dienone is 2. The van der Waals surface area contributed by atoms with Crippen LogP contribution in [0.1, 0.15) is 19.3 Å². The average molecular weight is 238 g/mol. The van der Waals surface area contributed by atoms with Crippen LogP contribution in [0.3, 0.4) is 0 Å². The van der Waals surface area contributed by atoms with Gasteiger partial charge in [-0.3, -0.25) is 9.69 Å². The van der Waals surface area contributed by atoms with Crippen LogP contribution in [0.2, 0.25) is 0 Å². The van der Waals surface area contributed by atoms with Gasteiger partial charge in [-0.25, -0.2) is 0 Å². The van der Waals surface area contributed by atoms with E-state index in [0.29, 0.717) is 18.2 Å². The average Bonchev–Trinajstić information content (AvgIpc) is 2.83. The van der Waals surface area contributed by atoms with Crippen LogP contribution in [-0.4, -0.2) is 60.1 Å². The zero-order chi connectivity index (χ0) is 12.1. The first-order valence-corrected chi connectivity index (χ1v) is 6.57. The fourth-order valence-electron chi connectivity index (χ4n) is 2.58. The van der Waals surface area contributed by atoms with E-state index in [1.807, 2.05) is 4.90 Å². The van der Waals surface area contributed by atoms with Crippen molar-refractivity contribution in [3.05, 3.63) is 12.2 Å². The Labute approximate surface area is 103 Å². The molecule has 0 spiro atoms. The van der Waals surface area contributed by atoms with Gasteiger partial charge in [-0.05, 0) is 18.8 Å². The molecule has 17 heavy (non-hydrogen) atoms. The van der Waals surface area contributed by atoms with Crippen LogP contribution in [0, 0.1) is 5.92 Å². The molecule has 96 valence electrons. The molecule has 0 aromatic rings. The highest BCUT2D eigenvalue weighted by Crippen LogP contribution is 2.21. The number of aliphatic hydroxyl groups excluding tert-OH is 1. The Morgan fingerprint density at radius 1 is 1.29 bits per heavy atom. The fraction of sp³-hybridized carbons (Fsp3) is 0.769. The van der Waals surface area contributed by atoms with Gasteiger partial charge in [0.05, 0.1) is 6.61 Å². The van der Waals surface area contributed by atoms with Gasteiger partial charge < -0.3 is 10.0 Å². The van der Waals surface area contributed by atoms with E-state index in [-0.39, 0.29) is 6.61 Å². The number of hydrogen-bond donors (Lipinski definition) is 1. The normalized spacial score (nSPS) is 25.5. The Morgan fingerprint density at radius 3 is 2.65 bits per heavy atom. The number of aliphatic hydroxyl groups is 1. The molecule has 0 radical (unpaired) electrons. The van der Waals surface area contributed by atoms with Crippen molar-refractivity contribution in [2.24, 2.45) is 5.92 Å². The van der Waals surface area contributed by atoms with Crippen molar-refractivity contribution < 1.29 is 9.90 Å². The summed E-state index contributed by atoms with van der Waals surface area (Å²) in [5.41, 5.74) is 0. The monoisotopic (exact) mass is 238 g/mol. The Morgan fingerprint density at radius 2 is 2.06 bits per heavy atom. The van der Waals surface area contributed by atoms with Crippen LogP contribution >= 0.6 is 0 Å². The maximum atomic E-state index is 12.0. The van der Waals surface area contributed by atoms with E-state index in [2.05, 4.69) is 17.1 Å². The van der Waals surface area contributed by atoms with Crippen molar-refractivity contribution >= 4 is 5.91 Å². The van der Waals surface area contributed by atoms with Crippen LogP contribution in [0.5, 0.6) is 0 Å². The molecular formula is C13H22N2O2. The number of rotatable bonds is 4. The van der Waals surface area contributed by atoms with Gasteiger partial charge in [0.2, 0.25) is 5.91 Å². The molecule has 2 rings (SSSR count). The molecule has 0 aromatic carbocycles. The summed E-state index contributed by atoms with van der Waals surface area (Å²) in [4.78, 5) is 16.2. The van der Waals surface area contributed by atoms with E-state index in [0.717, 1.165) is 45.6 Å². The Bertz CT molecular complexity index is 283. The van der Waals surface area contributed by atoms with Gasteiger partial charge in [-0.2, -0.15) is 0 Å². The minimum absolute atomic E-state index is 0.209. The third kappa shape index (κ3) is 3.54. The van der Waals surface area contributed by atoms with E-state index >= 15 is 0 Å². The lowest BCUT2D eigenvalue weighted by Crippen LogP contribution is -2.49. The second kappa shape index (κ2) is 6.17. The molecule has 1 aliphatic carbocycles. The molecule has 0 bridgehead atoms. The smallest absolute Gasteiger partial charge is 0.223 e. The van der Waals surface area contributed by atoms with E-state index in [1.165, 1.54) is 0 Å². The molecular weight excluding hydrogens is 216 g/mol. The minimum atomic E-state index is 0.209. The highest BCUT2D eigenvalue weighted by atomic mass is 16.3. The summed E-state index contributed by atoms with van der Waals surface area (Å²) < 4.78 is 0. The van der Waals surface area contributed by atoms with E-state index in [9.17, 15) is 4.79 Å². The van der Waals surface area contributed by atoms with Crippen LogP contribution < -0.4 is 0 Å². The van der Waals surface area contributed by atoms with Crippen LogP contribution in [-0.2, 0) is 4.79 Å². The first kappa shape index (κ1) is 12.6. The number of carbonyl (C=O) groups excluding carboxylic acids is 1. The number of hydrogen-bond acceptors (Lipinski definition) is 3. The van der Waals surface area contributed by atoms with E-state index < -0.39 is 0 Å². The molecule has 0 aromatic heterocycles. The highest BCUT2D eigenvalue weighted by molar-refractivity contribution is 5.76. The largest absolute Gasteiger partial charge is 0.395 e. The summed E-state index contributed by atoms with van der Waals surface area (Å²) in [7, 11) is 0. The topological polar surface area (TPSA) is 43.8 Å². The molecule has 1 amide bonds. The van der Waals surface area contributed by atoms with Gasteiger partial charge in [0.25, 0.3) is 0 Å². The zero-order valence-corrected chi connectivity index (χ0v) is 10.3. The summed E-state index contributed by atoms with van der Waals surface area (Å²) in [6, 6.07) is 0. The second-order valence-corrected chi connectivity index (χ2v) is 4.92. The van der Waals surface area contributed by atoms with Gasteiger partial charge in [-0.1, -0.05) is 12.2 Å². The highest BCUT2D eigenvalue weighted by Gasteiger charge is 2.23. The SMILES string of the molecule is O=C(CC1C=CCC1)N1CCN(CCO)CC1. The van der Waals surface area contributed by atoms with Crippen molar-refractivity contribution in [1.82, 2.24) is 9.80 Å².